The lowest BCUT2D eigenvalue weighted by Gasteiger charge is -2.10. The molecule has 0 radical (unpaired) electrons. The van der Waals surface area contributed by atoms with Gasteiger partial charge in [0.1, 0.15) is 0 Å². The minimum Gasteiger partial charge on any atom is -0.303 e. The molecule has 12 heavy (non-hydrogen) atoms. The molecule has 0 aliphatic heterocycles. The number of hydrogen-bond donors (Lipinski definition) is 1. The zero-order chi connectivity index (χ0) is 9.23. The highest BCUT2D eigenvalue weighted by atomic mass is 32.2. The van der Waals surface area contributed by atoms with E-state index in [0.717, 1.165) is 19.4 Å². The highest BCUT2D eigenvalue weighted by Crippen LogP contribution is 1.98. The van der Waals surface area contributed by atoms with Gasteiger partial charge in [0, 0.05) is 12.3 Å². The van der Waals surface area contributed by atoms with Gasteiger partial charge in [-0.3, -0.25) is 0 Å². The molecule has 0 saturated heterocycles. The summed E-state index contributed by atoms with van der Waals surface area (Å²) in [4.78, 5) is 0. The van der Waals surface area contributed by atoms with Crippen molar-refractivity contribution in [1.29, 1.82) is 0 Å². The van der Waals surface area contributed by atoms with Gasteiger partial charge in [0.25, 0.3) is 0 Å². The predicted octanol–water partition coefficient (Wildman–Crippen LogP) is 2.13. The fourth-order valence-electron chi connectivity index (χ4n) is 0.983. The maximum Gasteiger partial charge on any atom is 0.0687 e. The zero-order valence-electron chi connectivity index (χ0n) is 8.10. The molecule has 0 aliphatic carbocycles. The maximum absolute atomic E-state index is 5.35. The Morgan fingerprint density at radius 2 is 2.25 bits per heavy atom. The van der Waals surface area contributed by atoms with Crippen molar-refractivity contribution in [3.8, 4) is 12.3 Å². The molecule has 1 nitrogen and oxygen atoms in total. The standard InChI is InChI=1S/C10H19NS/c1-4-7-10(5-2)11-8-9-12-6-3/h2,10-11H,4,6-9H2,1,3H3. The van der Waals surface area contributed by atoms with Crippen LogP contribution in [-0.4, -0.2) is 24.1 Å². The number of thioether (sulfide) groups is 1. The Morgan fingerprint density at radius 3 is 2.75 bits per heavy atom. The van der Waals surface area contributed by atoms with E-state index in [9.17, 15) is 0 Å². The van der Waals surface area contributed by atoms with Crippen LogP contribution in [0.25, 0.3) is 0 Å². The smallest absolute Gasteiger partial charge is 0.0687 e. The Morgan fingerprint density at radius 1 is 1.50 bits per heavy atom. The molecule has 0 aliphatic rings. The van der Waals surface area contributed by atoms with Crippen molar-refractivity contribution in [2.24, 2.45) is 0 Å². The first kappa shape index (κ1) is 11.9. The molecule has 0 fully saturated rings. The molecule has 2 heteroatoms. The fraction of sp³-hybridized carbons (Fsp3) is 0.800. The van der Waals surface area contributed by atoms with Gasteiger partial charge in [0.15, 0.2) is 0 Å². The van der Waals surface area contributed by atoms with Gasteiger partial charge in [-0.05, 0) is 12.2 Å². The van der Waals surface area contributed by atoms with Crippen molar-refractivity contribution in [2.45, 2.75) is 32.7 Å². The molecule has 0 aromatic carbocycles. The molecule has 1 N–H and O–H groups in total. The lowest BCUT2D eigenvalue weighted by atomic mass is 10.2. The average molecular weight is 185 g/mol. The molecule has 0 amide bonds. The van der Waals surface area contributed by atoms with Crippen LogP contribution in [0.1, 0.15) is 26.7 Å². The molecule has 1 atom stereocenters. The second kappa shape index (κ2) is 8.96. The highest BCUT2D eigenvalue weighted by molar-refractivity contribution is 7.99. The van der Waals surface area contributed by atoms with E-state index in [1.54, 1.807) is 0 Å². The summed E-state index contributed by atoms with van der Waals surface area (Å²) in [5, 5.41) is 3.35. The fourth-order valence-corrected chi connectivity index (χ4v) is 1.53. The zero-order valence-corrected chi connectivity index (χ0v) is 8.91. The lowest BCUT2D eigenvalue weighted by Crippen LogP contribution is -2.29. The molecule has 0 aromatic rings. The topological polar surface area (TPSA) is 12.0 Å². The summed E-state index contributed by atoms with van der Waals surface area (Å²) in [6.07, 6.45) is 7.60. The van der Waals surface area contributed by atoms with E-state index >= 15 is 0 Å². The molecule has 0 bridgehead atoms. The first-order valence-electron chi connectivity index (χ1n) is 4.62. The summed E-state index contributed by atoms with van der Waals surface area (Å²) < 4.78 is 0. The van der Waals surface area contributed by atoms with Gasteiger partial charge in [-0.1, -0.05) is 26.2 Å². The van der Waals surface area contributed by atoms with Crippen molar-refractivity contribution in [3.63, 3.8) is 0 Å². The van der Waals surface area contributed by atoms with E-state index < -0.39 is 0 Å². The molecule has 0 heterocycles. The van der Waals surface area contributed by atoms with Crippen LogP contribution in [0.5, 0.6) is 0 Å². The van der Waals surface area contributed by atoms with Gasteiger partial charge in [-0.25, -0.2) is 0 Å². The summed E-state index contributed by atoms with van der Waals surface area (Å²) in [7, 11) is 0. The summed E-state index contributed by atoms with van der Waals surface area (Å²) in [6, 6.07) is 0.285. The molecule has 1 unspecified atom stereocenters. The predicted molar refractivity (Wildman–Crippen MR) is 58.5 cm³/mol. The Bertz CT molecular complexity index is 128. The Balaban J connectivity index is 3.27. The highest BCUT2D eigenvalue weighted by Gasteiger charge is 2.00. The van der Waals surface area contributed by atoms with E-state index in [2.05, 4.69) is 25.1 Å². The Hall–Kier alpha value is -0.130. The van der Waals surface area contributed by atoms with Crippen molar-refractivity contribution in [3.05, 3.63) is 0 Å². The van der Waals surface area contributed by atoms with E-state index in [1.165, 1.54) is 11.5 Å². The van der Waals surface area contributed by atoms with E-state index in [4.69, 9.17) is 6.42 Å². The summed E-state index contributed by atoms with van der Waals surface area (Å²) in [5.41, 5.74) is 0. The summed E-state index contributed by atoms with van der Waals surface area (Å²) in [5.74, 6) is 5.12. The van der Waals surface area contributed by atoms with Crippen LogP contribution >= 0.6 is 11.8 Å². The number of hydrogen-bond acceptors (Lipinski definition) is 2. The van der Waals surface area contributed by atoms with Gasteiger partial charge in [-0.15, -0.1) is 6.42 Å². The van der Waals surface area contributed by atoms with Crippen LogP contribution in [0.4, 0.5) is 0 Å². The number of nitrogens with one attached hydrogen (secondary N) is 1. The third-order valence-corrected chi connectivity index (χ3v) is 2.52. The van der Waals surface area contributed by atoms with E-state index in [-0.39, 0.29) is 6.04 Å². The van der Waals surface area contributed by atoms with Crippen molar-refractivity contribution in [2.75, 3.05) is 18.1 Å². The van der Waals surface area contributed by atoms with Gasteiger partial charge in [0.05, 0.1) is 6.04 Å². The van der Waals surface area contributed by atoms with Crippen LogP contribution in [0.15, 0.2) is 0 Å². The third kappa shape index (κ3) is 6.57. The first-order chi connectivity index (χ1) is 5.85. The van der Waals surface area contributed by atoms with Gasteiger partial charge in [-0.2, -0.15) is 11.8 Å². The van der Waals surface area contributed by atoms with Gasteiger partial charge >= 0.3 is 0 Å². The third-order valence-electron chi connectivity index (χ3n) is 1.62. The molecule has 0 rings (SSSR count). The second-order valence-electron chi connectivity index (χ2n) is 2.66. The van der Waals surface area contributed by atoms with E-state index in [1.807, 2.05) is 11.8 Å². The Kier molecular flexibility index (Phi) is 8.86. The molecule has 70 valence electrons. The molecular weight excluding hydrogens is 166 g/mol. The van der Waals surface area contributed by atoms with Gasteiger partial charge < -0.3 is 5.32 Å². The minimum absolute atomic E-state index is 0.285. The van der Waals surface area contributed by atoms with E-state index in [0.29, 0.717) is 0 Å². The van der Waals surface area contributed by atoms with Crippen molar-refractivity contribution >= 4 is 11.8 Å². The van der Waals surface area contributed by atoms with Crippen LogP contribution in [0.3, 0.4) is 0 Å². The number of rotatable bonds is 7. The molecule has 0 spiro atoms. The monoisotopic (exact) mass is 185 g/mol. The quantitative estimate of drug-likeness (QED) is 0.482. The molecule has 0 saturated carbocycles. The molecule has 0 aromatic heterocycles. The van der Waals surface area contributed by atoms with Crippen molar-refractivity contribution in [1.82, 2.24) is 5.32 Å². The minimum atomic E-state index is 0.285. The van der Waals surface area contributed by atoms with Crippen LogP contribution in [0, 0.1) is 12.3 Å². The second-order valence-corrected chi connectivity index (χ2v) is 4.05. The first-order valence-corrected chi connectivity index (χ1v) is 5.77. The van der Waals surface area contributed by atoms with Crippen LogP contribution in [0.2, 0.25) is 0 Å². The number of terminal acetylenes is 1. The summed E-state index contributed by atoms with van der Waals surface area (Å²) >= 11 is 1.95. The molecular formula is C10H19NS. The van der Waals surface area contributed by atoms with Gasteiger partial charge in [0.2, 0.25) is 0 Å². The normalized spacial score (nSPS) is 12.4. The largest absolute Gasteiger partial charge is 0.303 e. The lowest BCUT2D eigenvalue weighted by molar-refractivity contribution is 0.584. The Labute approximate surface area is 80.7 Å². The summed E-state index contributed by atoms with van der Waals surface area (Å²) in [6.45, 7) is 5.37. The maximum atomic E-state index is 5.35. The van der Waals surface area contributed by atoms with Crippen molar-refractivity contribution < 1.29 is 0 Å². The SMILES string of the molecule is C#CC(CCC)NCCSCC. The average Bonchev–Trinajstić information content (AvgIpc) is 2.10. The van der Waals surface area contributed by atoms with Crippen LogP contribution in [-0.2, 0) is 0 Å². The van der Waals surface area contributed by atoms with Crippen LogP contribution < -0.4 is 5.32 Å².